The molecule has 0 radical (unpaired) electrons. The summed E-state index contributed by atoms with van der Waals surface area (Å²) in [6.45, 7) is 3.51. The summed E-state index contributed by atoms with van der Waals surface area (Å²) in [5, 5.41) is 8.90. The Bertz CT molecular complexity index is 392. The lowest BCUT2D eigenvalue weighted by Gasteiger charge is -2.18. The van der Waals surface area contributed by atoms with Crippen LogP contribution >= 0.6 is 0 Å². The van der Waals surface area contributed by atoms with Crippen molar-refractivity contribution in [3.63, 3.8) is 0 Å². The van der Waals surface area contributed by atoms with E-state index in [9.17, 15) is 9.59 Å². The first kappa shape index (κ1) is 13.1. The van der Waals surface area contributed by atoms with Crippen molar-refractivity contribution in [2.75, 3.05) is 0 Å². The van der Waals surface area contributed by atoms with Crippen LogP contribution in [0, 0.1) is 5.92 Å². The van der Waals surface area contributed by atoms with E-state index in [0.717, 1.165) is 0 Å². The number of hydrazine groups is 1. The first-order valence-corrected chi connectivity index (χ1v) is 5.21. The molecule has 1 atom stereocenters. The largest absolute Gasteiger partial charge is 0.480 e. The number of carbonyl (C=O) groups excluding carboxylic acids is 1. The van der Waals surface area contributed by atoms with Gasteiger partial charge in [-0.2, -0.15) is 0 Å². The fraction of sp³-hybridized carbons (Fsp3) is 0.364. The summed E-state index contributed by atoms with van der Waals surface area (Å²) in [5.41, 5.74) is 5.28. The molecule has 0 fully saturated rings. The summed E-state index contributed by atoms with van der Waals surface area (Å²) in [6.07, 6.45) is 2.98. The van der Waals surface area contributed by atoms with Crippen molar-refractivity contribution in [3.05, 3.63) is 30.1 Å². The lowest BCUT2D eigenvalue weighted by molar-refractivity contribution is -0.140. The molecule has 1 aromatic rings. The van der Waals surface area contributed by atoms with Crippen LogP contribution in [0.1, 0.15) is 24.2 Å². The summed E-state index contributed by atoms with van der Waals surface area (Å²) in [4.78, 5) is 26.3. The molecule has 0 aliphatic heterocycles. The van der Waals surface area contributed by atoms with E-state index < -0.39 is 12.0 Å². The zero-order valence-electron chi connectivity index (χ0n) is 9.68. The van der Waals surface area contributed by atoms with Crippen molar-refractivity contribution in [2.45, 2.75) is 19.9 Å². The predicted octanol–water partition coefficient (Wildman–Crippen LogP) is 0.425. The lowest BCUT2D eigenvalue weighted by atomic mass is 10.1. The highest BCUT2D eigenvalue weighted by molar-refractivity contribution is 5.93. The molecule has 6 heteroatoms. The van der Waals surface area contributed by atoms with E-state index >= 15 is 0 Å². The van der Waals surface area contributed by atoms with Crippen LogP contribution in [0.2, 0.25) is 0 Å². The first-order chi connectivity index (χ1) is 8.02. The third-order valence-corrected chi connectivity index (χ3v) is 2.22. The zero-order valence-corrected chi connectivity index (χ0v) is 9.68. The van der Waals surface area contributed by atoms with Crippen LogP contribution < -0.4 is 10.9 Å². The number of aromatic nitrogens is 1. The smallest absolute Gasteiger partial charge is 0.322 e. The van der Waals surface area contributed by atoms with E-state index in [2.05, 4.69) is 15.8 Å². The molecule has 0 spiro atoms. The van der Waals surface area contributed by atoms with Gasteiger partial charge in [0.05, 0.1) is 0 Å². The third-order valence-electron chi connectivity index (χ3n) is 2.22. The normalized spacial score (nSPS) is 12.2. The molecule has 3 N–H and O–H groups in total. The molecule has 1 amide bonds. The number of rotatable bonds is 5. The summed E-state index contributed by atoms with van der Waals surface area (Å²) in [6, 6.07) is 2.27. The van der Waals surface area contributed by atoms with Crippen LogP contribution in [0.15, 0.2) is 24.5 Å². The van der Waals surface area contributed by atoms with Gasteiger partial charge in [-0.25, -0.2) is 5.43 Å². The second-order valence-electron chi connectivity index (χ2n) is 3.89. The number of nitrogens with zero attached hydrogens (tertiary/aromatic N) is 1. The molecular formula is C11H15N3O3. The van der Waals surface area contributed by atoms with Gasteiger partial charge in [-0.1, -0.05) is 13.8 Å². The molecule has 6 nitrogen and oxygen atoms in total. The summed E-state index contributed by atoms with van der Waals surface area (Å²) < 4.78 is 0. The molecule has 0 aliphatic carbocycles. The van der Waals surface area contributed by atoms with Gasteiger partial charge in [-0.15, -0.1) is 0 Å². The second-order valence-corrected chi connectivity index (χ2v) is 3.89. The Morgan fingerprint density at radius 1 is 1.29 bits per heavy atom. The fourth-order valence-electron chi connectivity index (χ4n) is 1.23. The Morgan fingerprint density at radius 3 is 2.35 bits per heavy atom. The number of carbonyl (C=O) groups is 2. The predicted molar refractivity (Wildman–Crippen MR) is 61.1 cm³/mol. The summed E-state index contributed by atoms with van der Waals surface area (Å²) in [5.74, 6) is -1.53. The monoisotopic (exact) mass is 237 g/mol. The van der Waals surface area contributed by atoms with E-state index in [4.69, 9.17) is 5.11 Å². The van der Waals surface area contributed by atoms with Crippen LogP contribution in [-0.2, 0) is 4.79 Å². The Morgan fingerprint density at radius 2 is 1.88 bits per heavy atom. The van der Waals surface area contributed by atoms with E-state index in [-0.39, 0.29) is 11.8 Å². The van der Waals surface area contributed by atoms with Gasteiger partial charge >= 0.3 is 5.97 Å². The van der Waals surface area contributed by atoms with Gasteiger partial charge < -0.3 is 5.11 Å². The Hall–Kier alpha value is -1.95. The van der Waals surface area contributed by atoms with Crippen molar-refractivity contribution in [1.82, 2.24) is 15.8 Å². The van der Waals surface area contributed by atoms with Crippen molar-refractivity contribution in [2.24, 2.45) is 5.92 Å². The molecule has 0 aromatic carbocycles. The van der Waals surface area contributed by atoms with Crippen LogP contribution in [0.4, 0.5) is 0 Å². The van der Waals surface area contributed by atoms with Crippen LogP contribution in [0.5, 0.6) is 0 Å². The average molecular weight is 237 g/mol. The lowest BCUT2D eigenvalue weighted by Crippen LogP contribution is -2.50. The van der Waals surface area contributed by atoms with E-state index in [1.165, 1.54) is 12.4 Å². The molecule has 0 aliphatic rings. The molecule has 17 heavy (non-hydrogen) atoms. The van der Waals surface area contributed by atoms with Crippen molar-refractivity contribution in [3.8, 4) is 0 Å². The minimum Gasteiger partial charge on any atom is -0.480 e. The highest BCUT2D eigenvalue weighted by Gasteiger charge is 2.21. The van der Waals surface area contributed by atoms with Crippen LogP contribution in [0.25, 0.3) is 0 Å². The molecule has 0 bridgehead atoms. The van der Waals surface area contributed by atoms with E-state index in [0.29, 0.717) is 5.56 Å². The van der Waals surface area contributed by atoms with Crippen LogP contribution in [-0.4, -0.2) is 28.0 Å². The highest BCUT2D eigenvalue weighted by Crippen LogP contribution is 2.01. The molecule has 0 saturated carbocycles. The van der Waals surface area contributed by atoms with Gasteiger partial charge in [-0.3, -0.25) is 20.0 Å². The Labute approximate surface area is 99.0 Å². The molecule has 1 heterocycles. The Balaban J connectivity index is 2.56. The van der Waals surface area contributed by atoms with Crippen LogP contribution in [0.3, 0.4) is 0 Å². The minimum atomic E-state index is -1.00. The number of pyridine rings is 1. The molecular weight excluding hydrogens is 222 g/mol. The van der Waals surface area contributed by atoms with E-state index in [1.807, 2.05) is 0 Å². The standard InChI is InChI=1S/C11H15N3O3/c1-7(2)9(11(16)17)13-14-10(15)8-3-5-12-6-4-8/h3-7,9,13H,1-2H3,(H,14,15)(H,16,17)/t9-/m0/s1. The molecule has 0 unspecified atom stereocenters. The van der Waals surface area contributed by atoms with Gasteiger partial charge in [0.25, 0.3) is 5.91 Å². The van der Waals surface area contributed by atoms with Crippen molar-refractivity contribution in [1.29, 1.82) is 0 Å². The van der Waals surface area contributed by atoms with Gasteiger partial charge in [0.1, 0.15) is 6.04 Å². The van der Waals surface area contributed by atoms with Crippen molar-refractivity contribution < 1.29 is 14.7 Å². The van der Waals surface area contributed by atoms with Gasteiger partial charge in [0.2, 0.25) is 0 Å². The first-order valence-electron chi connectivity index (χ1n) is 5.21. The number of hydrogen-bond acceptors (Lipinski definition) is 4. The molecule has 0 saturated heterocycles. The van der Waals surface area contributed by atoms with Crippen molar-refractivity contribution >= 4 is 11.9 Å². The highest BCUT2D eigenvalue weighted by atomic mass is 16.4. The number of aliphatic carboxylic acids is 1. The second kappa shape index (κ2) is 5.95. The summed E-state index contributed by atoms with van der Waals surface area (Å²) in [7, 11) is 0. The SMILES string of the molecule is CC(C)[C@H](NNC(=O)c1ccncc1)C(=O)O. The number of carboxylic acids is 1. The number of nitrogens with one attached hydrogen (secondary N) is 2. The summed E-state index contributed by atoms with van der Waals surface area (Å²) >= 11 is 0. The molecule has 92 valence electrons. The number of amides is 1. The molecule has 1 rings (SSSR count). The number of hydrogen-bond donors (Lipinski definition) is 3. The van der Waals surface area contributed by atoms with Gasteiger partial charge in [0.15, 0.2) is 0 Å². The molecule has 1 aromatic heterocycles. The topological polar surface area (TPSA) is 91.3 Å². The quantitative estimate of drug-likeness (QED) is 0.646. The zero-order chi connectivity index (χ0) is 12.8. The maximum atomic E-state index is 11.6. The van der Waals surface area contributed by atoms with Gasteiger partial charge in [0, 0.05) is 18.0 Å². The van der Waals surface area contributed by atoms with E-state index in [1.54, 1.807) is 26.0 Å². The maximum absolute atomic E-state index is 11.6. The fourth-order valence-corrected chi connectivity index (χ4v) is 1.23. The maximum Gasteiger partial charge on any atom is 0.322 e. The minimum absolute atomic E-state index is 0.134. The number of carboxylic acid groups (broad SMARTS) is 1. The third kappa shape index (κ3) is 3.84. The van der Waals surface area contributed by atoms with Gasteiger partial charge in [-0.05, 0) is 18.1 Å². The Kier molecular flexibility index (Phi) is 4.59. The average Bonchev–Trinajstić information content (AvgIpc) is 2.29.